The Labute approximate surface area is 105 Å². The predicted molar refractivity (Wildman–Crippen MR) is 66.7 cm³/mol. The third kappa shape index (κ3) is 3.37. The molecule has 1 aromatic rings. The van der Waals surface area contributed by atoms with E-state index >= 15 is 0 Å². The van der Waals surface area contributed by atoms with Crippen LogP contribution in [-0.2, 0) is 0 Å². The molecule has 0 unspecified atom stereocenters. The van der Waals surface area contributed by atoms with Crippen molar-refractivity contribution < 1.29 is 9.50 Å². The summed E-state index contributed by atoms with van der Waals surface area (Å²) in [6.45, 7) is 5.48. The quantitative estimate of drug-likeness (QED) is 0.821. The Morgan fingerprint density at radius 2 is 2.19 bits per heavy atom. The van der Waals surface area contributed by atoms with Crippen molar-refractivity contribution in [2.45, 2.75) is 19.4 Å². The second-order valence-electron chi connectivity index (χ2n) is 3.56. The van der Waals surface area contributed by atoms with Gasteiger partial charge in [0.2, 0.25) is 0 Å². The van der Waals surface area contributed by atoms with Crippen molar-refractivity contribution in [3.63, 3.8) is 0 Å². The monoisotopic (exact) mass is 265 g/mol. The minimum atomic E-state index is -0.624. The molecule has 0 radical (unpaired) electrons. The molecule has 0 saturated carbocycles. The number of hydrogen-bond donors (Lipinski definition) is 2. The Morgan fingerprint density at radius 3 is 2.69 bits per heavy atom. The van der Waals surface area contributed by atoms with Gasteiger partial charge in [0.1, 0.15) is 11.6 Å². The van der Waals surface area contributed by atoms with Gasteiger partial charge in [-0.3, -0.25) is 0 Å². The number of hydrogen-bond acceptors (Lipinski definition) is 2. The van der Waals surface area contributed by atoms with Gasteiger partial charge in [-0.1, -0.05) is 17.2 Å². The van der Waals surface area contributed by atoms with E-state index in [0.29, 0.717) is 6.42 Å². The molecule has 1 aromatic carbocycles. The molecule has 16 heavy (non-hydrogen) atoms. The molecule has 0 saturated heterocycles. The van der Waals surface area contributed by atoms with Crippen LogP contribution in [0.25, 0.3) is 0 Å². The van der Waals surface area contributed by atoms with Crippen molar-refractivity contribution in [1.82, 2.24) is 0 Å². The summed E-state index contributed by atoms with van der Waals surface area (Å²) in [5.41, 5.74) is 6.61. The molecule has 0 spiro atoms. The molecular weight excluding hydrogens is 252 g/mol. The van der Waals surface area contributed by atoms with Crippen molar-refractivity contribution in [1.29, 1.82) is 0 Å². The lowest BCUT2D eigenvalue weighted by Gasteiger charge is -2.15. The van der Waals surface area contributed by atoms with Crippen LogP contribution in [0.4, 0.5) is 4.39 Å². The van der Waals surface area contributed by atoms with E-state index in [4.69, 9.17) is 17.3 Å². The van der Waals surface area contributed by atoms with Gasteiger partial charge in [-0.25, -0.2) is 4.39 Å². The molecule has 2 nitrogen and oxygen atoms in total. The van der Waals surface area contributed by atoms with Gasteiger partial charge in [-0.05, 0) is 25.5 Å². The van der Waals surface area contributed by atoms with Crippen molar-refractivity contribution >= 4 is 24.0 Å². The molecule has 0 aliphatic heterocycles. The zero-order valence-corrected chi connectivity index (χ0v) is 10.4. The number of nitrogens with two attached hydrogens (primary N) is 1. The lowest BCUT2D eigenvalue weighted by atomic mass is 10.00. The van der Waals surface area contributed by atoms with Crippen LogP contribution < -0.4 is 5.73 Å². The van der Waals surface area contributed by atoms with E-state index in [1.807, 2.05) is 0 Å². The maximum Gasteiger partial charge on any atom is 0.141 e. The molecule has 5 heteroatoms. The number of benzene rings is 1. The largest absolute Gasteiger partial charge is 0.506 e. The zero-order chi connectivity index (χ0) is 11.6. The van der Waals surface area contributed by atoms with Crippen LogP contribution in [0.2, 0.25) is 5.02 Å². The Bertz CT molecular complexity index is 396. The fraction of sp³-hybridized carbons (Fsp3) is 0.273. The molecule has 0 aliphatic carbocycles. The third-order valence-corrected chi connectivity index (χ3v) is 2.36. The fourth-order valence-electron chi connectivity index (χ4n) is 1.39. The molecular formula is C11H14Cl2FNO. The van der Waals surface area contributed by atoms with E-state index in [-0.39, 0.29) is 28.7 Å². The van der Waals surface area contributed by atoms with Crippen molar-refractivity contribution in [2.75, 3.05) is 0 Å². The van der Waals surface area contributed by atoms with Gasteiger partial charge in [0.05, 0.1) is 5.02 Å². The second kappa shape index (κ2) is 6.09. The van der Waals surface area contributed by atoms with E-state index in [1.54, 1.807) is 6.92 Å². The Morgan fingerprint density at radius 1 is 1.62 bits per heavy atom. The summed E-state index contributed by atoms with van der Waals surface area (Å²) < 4.78 is 13.4. The van der Waals surface area contributed by atoms with Crippen LogP contribution in [0.1, 0.15) is 24.9 Å². The lowest BCUT2D eigenvalue weighted by Crippen LogP contribution is -2.12. The highest BCUT2D eigenvalue weighted by atomic mass is 35.5. The minimum Gasteiger partial charge on any atom is -0.506 e. The van der Waals surface area contributed by atoms with Crippen LogP contribution in [0.5, 0.6) is 5.75 Å². The van der Waals surface area contributed by atoms with Gasteiger partial charge in [0, 0.05) is 11.6 Å². The first kappa shape index (κ1) is 15.2. The average molecular weight is 266 g/mol. The van der Waals surface area contributed by atoms with Crippen molar-refractivity contribution in [2.24, 2.45) is 5.73 Å². The summed E-state index contributed by atoms with van der Waals surface area (Å²) >= 11 is 5.67. The maximum absolute atomic E-state index is 13.4. The SMILES string of the molecule is C=C(C)C[C@H](N)c1c(F)ccc(Cl)c1O.Cl. The minimum absolute atomic E-state index is 0. The predicted octanol–water partition coefficient (Wildman–Crippen LogP) is 3.57. The van der Waals surface area contributed by atoms with Gasteiger partial charge in [0.15, 0.2) is 0 Å². The highest BCUT2D eigenvalue weighted by molar-refractivity contribution is 6.32. The van der Waals surface area contributed by atoms with Crippen molar-refractivity contribution in [3.8, 4) is 5.75 Å². The lowest BCUT2D eigenvalue weighted by molar-refractivity contribution is 0.449. The zero-order valence-electron chi connectivity index (χ0n) is 8.84. The summed E-state index contributed by atoms with van der Waals surface area (Å²) in [6, 6.07) is 1.86. The summed E-state index contributed by atoms with van der Waals surface area (Å²) in [6.07, 6.45) is 0.408. The molecule has 0 fully saturated rings. The van der Waals surface area contributed by atoms with Gasteiger partial charge < -0.3 is 10.8 Å². The Kier molecular flexibility index (Phi) is 5.79. The van der Waals surface area contributed by atoms with E-state index in [1.165, 1.54) is 12.1 Å². The van der Waals surface area contributed by atoms with Gasteiger partial charge in [0.25, 0.3) is 0 Å². The number of phenolic OH excluding ortho intramolecular Hbond substituents is 1. The topological polar surface area (TPSA) is 46.2 Å². The average Bonchev–Trinajstić information content (AvgIpc) is 2.11. The number of halogens is 3. The summed E-state index contributed by atoms with van der Waals surface area (Å²) in [4.78, 5) is 0. The molecule has 0 heterocycles. The standard InChI is InChI=1S/C11H13ClFNO.ClH/c1-6(2)5-9(14)10-8(13)4-3-7(12)11(10)15;/h3-4,9,15H,1,5,14H2,2H3;1H/t9-;/m0./s1. The van der Waals surface area contributed by atoms with Crippen LogP contribution in [0.3, 0.4) is 0 Å². The number of aromatic hydroxyl groups is 1. The van der Waals surface area contributed by atoms with Crippen LogP contribution >= 0.6 is 24.0 Å². The van der Waals surface area contributed by atoms with E-state index in [2.05, 4.69) is 6.58 Å². The van der Waals surface area contributed by atoms with Gasteiger partial charge in [-0.2, -0.15) is 0 Å². The molecule has 1 atom stereocenters. The summed E-state index contributed by atoms with van der Waals surface area (Å²) in [7, 11) is 0. The molecule has 0 bridgehead atoms. The summed E-state index contributed by atoms with van der Waals surface area (Å²) in [5.74, 6) is -0.837. The highest BCUT2D eigenvalue weighted by Gasteiger charge is 2.18. The smallest absolute Gasteiger partial charge is 0.141 e. The third-order valence-electron chi connectivity index (χ3n) is 2.05. The second-order valence-corrected chi connectivity index (χ2v) is 3.97. The molecule has 3 N–H and O–H groups in total. The summed E-state index contributed by atoms with van der Waals surface area (Å²) in [5, 5.41) is 9.68. The molecule has 90 valence electrons. The van der Waals surface area contributed by atoms with E-state index in [9.17, 15) is 9.50 Å². The van der Waals surface area contributed by atoms with Crippen LogP contribution in [0.15, 0.2) is 24.3 Å². The van der Waals surface area contributed by atoms with E-state index < -0.39 is 11.9 Å². The highest BCUT2D eigenvalue weighted by Crippen LogP contribution is 2.34. The molecule has 1 rings (SSSR count). The first-order chi connectivity index (χ1) is 6.93. The Balaban J connectivity index is 0.00000225. The number of rotatable bonds is 3. The first-order valence-corrected chi connectivity index (χ1v) is 4.88. The fourth-order valence-corrected chi connectivity index (χ4v) is 1.55. The molecule has 0 aliphatic rings. The maximum atomic E-state index is 13.4. The van der Waals surface area contributed by atoms with Gasteiger partial charge >= 0.3 is 0 Å². The van der Waals surface area contributed by atoms with Gasteiger partial charge in [-0.15, -0.1) is 19.0 Å². The molecule has 0 amide bonds. The van der Waals surface area contributed by atoms with Crippen LogP contribution in [0, 0.1) is 5.82 Å². The molecule has 0 aromatic heterocycles. The number of phenols is 1. The first-order valence-electron chi connectivity index (χ1n) is 4.50. The Hall–Kier alpha value is -0.770. The van der Waals surface area contributed by atoms with Crippen molar-refractivity contribution in [3.05, 3.63) is 40.7 Å². The van der Waals surface area contributed by atoms with E-state index in [0.717, 1.165) is 5.57 Å². The van der Waals surface area contributed by atoms with Crippen LogP contribution in [-0.4, -0.2) is 5.11 Å². The normalized spacial score (nSPS) is 11.8.